The number of aryl methyl sites for hydroxylation is 1. The highest BCUT2D eigenvalue weighted by Crippen LogP contribution is 2.28. The summed E-state index contributed by atoms with van der Waals surface area (Å²) in [7, 11) is 0. The lowest BCUT2D eigenvalue weighted by Gasteiger charge is -2.03. The number of halogens is 1. The number of carbonyl (C=O) groups excluding carboxylic acids is 1. The summed E-state index contributed by atoms with van der Waals surface area (Å²) in [5, 5.41) is 17.8. The number of Topliss-reactive ketones (excluding diaryl/α,β-unsaturated/α-hetero) is 1. The van der Waals surface area contributed by atoms with Crippen LogP contribution in [0.4, 0.5) is 0 Å². The van der Waals surface area contributed by atoms with E-state index in [9.17, 15) is 14.7 Å². The van der Waals surface area contributed by atoms with E-state index in [2.05, 4.69) is 15.9 Å². The molecule has 0 atom stereocenters. The highest BCUT2D eigenvalue weighted by atomic mass is 79.9. The molecule has 0 amide bonds. The van der Waals surface area contributed by atoms with Crippen molar-refractivity contribution in [3.05, 3.63) is 27.7 Å². The Balaban J connectivity index is 3.26. The van der Waals surface area contributed by atoms with Gasteiger partial charge < -0.3 is 10.2 Å². The zero-order valence-corrected chi connectivity index (χ0v) is 8.83. The van der Waals surface area contributed by atoms with Gasteiger partial charge in [-0.3, -0.25) is 4.79 Å². The Labute approximate surface area is 88.3 Å². The fourth-order valence-corrected chi connectivity index (χ4v) is 1.55. The van der Waals surface area contributed by atoms with Crippen LogP contribution in [0.5, 0.6) is 5.75 Å². The standard InChI is InChI=1S/C9H7BrO4/c1-4-2-5(8(12)9(13)14)3-6(10)7(4)11/h2-3,11H,1H3,(H,13,14). The molecule has 0 saturated heterocycles. The van der Waals surface area contributed by atoms with E-state index in [1.807, 2.05) is 0 Å². The summed E-state index contributed by atoms with van der Waals surface area (Å²) in [6, 6.07) is 2.61. The van der Waals surface area contributed by atoms with E-state index < -0.39 is 11.8 Å². The molecule has 0 saturated carbocycles. The van der Waals surface area contributed by atoms with Gasteiger partial charge in [0.2, 0.25) is 0 Å². The minimum absolute atomic E-state index is 0.00642. The number of benzene rings is 1. The van der Waals surface area contributed by atoms with Gasteiger partial charge in [-0.2, -0.15) is 0 Å². The average Bonchev–Trinajstić information content (AvgIpc) is 2.12. The molecule has 0 aliphatic carbocycles. The van der Waals surface area contributed by atoms with Crippen molar-refractivity contribution in [2.75, 3.05) is 0 Å². The topological polar surface area (TPSA) is 74.6 Å². The normalized spacial score (nSPS) is 9.86. The number of carbonyl (C=O) groups is 2. The van der Waals surface area contributed by atoms with Crippen molar-refractivity contribution in [2.45, 2.75) is 6.92 Å². The van der Waals surface area contributed by atoms with Gasteiger partial charge in [-0.15, -0.1) is 0 Å². The van der Waals surface area contributed by atoms with Gasteiger partial charge in [0, 0.05) is 5.56 Å². The fraction of sp³-hybridized carbons (Fsp3) is 0.111. The van der Waals surface area contributed by atoms with Gasteiger partial charge in [-0.25, -0.2) is 4.79 Å². The summed E-state index contributed by atoms with van der Waals surface area (Å²) in [5.41, 5.74) is 0.489. The number of carboxylic acid groups (broad SMARTS) is 1. The maximum Gasteiger partial charge on any atom is 0.377 e. The van der Waals surface area contributed by atoms with Gasteiger partial charge in [0.25, 0.3) is 5.78 Å². The van der Waals surface area contributed by atoms with Crippen LogP contribution in [0.2, 0.25) is 0 Å². The molecule has 0 aromatic heterocycles. The molecule has 4 nitrogen and oxygen atoms in total. The molecular weight excluding hydrogens is 252 g/mol. The van der Waals surface area contributed by atoms with Crippen LogP contribution in [-0.2, 0) is 4.79 Å². The maximum atomic E-state index is 11.1. The number of aliphatic carboxylic acids is 1. The Bertz CT molecular complexity index is 388. The van der Waals surface area contributed by atoms with Crippen LogP contribution in [-0.4, -0.2) is 22.0 Å². The van der Waals surface area contributed by atoms with Crippen LogP contribution in [0, 0.1) is 6.92 Å². The molecule has 1 aromatic carbocycles. The van der Waals surface area contributed by atoms with Crippen LogP contribution in [0.3, 0.4) is 0 Å². The van der Waals surface area contributed by atoms with Crippen molar-refractivity contribution < 1.29 is 19.8 Å². The van der Waals surface area contributed by atoms with Gasteiger partial charge in [-0.05, 0) is 40.5 Å². The molecule has 1 aromatic rings. The summed E-state index contributed by atoms with van der Waals surface area (Å²) in [6.45, 7) is 1.58. The van der Waals surface area contributed by atoms with Crippen molar-refractivity contribution >= 4 is 27.7 Å². The molecule has 0 heterocycles. The highest BCUT2D eigenvalue weighted by molar-refractivity contribution is 9.10. The Morgan fingerprint density at radius 1 is 1.36 bits per heavy atom. The predicted octanol–water partition coefficient (Wildman–Crippen LogP) is 1.73. The zero-order valence-electron chi connectivity index (χ0n) is 7.24. The molecule has 5 heteroatoms. The molecule has 0 bridgehead atoms. The smallest absolute Gasteiger partial charge is 0.377 e. The van der Waals surface area contributed by atoms with E-state index >= 15 is 0 Å². The second kappa shape index (κ2) is 3.79. The quantitative estimate of drug-likeness (QED) is 0.626. The highest BCUT2D eigenvalue weighted by Gasteiger charge is 2.16. The van der Waals surface area contributed by atoms with Crippen molar-refractivity contribution in [3.63, 3.8) is 0 Å². The lowest BCUT2D eigenvalue weighted by molar-refractivity contribution is -0.131. The Morgan fingerprint density at radius 2 is 1.93 bits per heavy atom. The zero-order chi connectivity index (χ0) is 10.9. The molecule has 0 fully saturated rings. The van der Waals surface area contributed by atoms with Crippen LogP contribution >= 0.6 is 15.9 Å². The van der Waals surface area contributed by atoms with Gasteiger partial charge >= 0.3 is 5.97 Å². The van der Waals surface area contributed by atoms with Gasteiger partial charge in [0.05, 0.1) is 4.47 Å². The largest absolute Gasteiger partial charge is 0.506 e. The van der Waals surface area contributed by atoms with E-state index in [4.69, 9.17) is 5.11 Å². The summed E-state index contributed by atoms with van der Waals surface area (Å²) in [4.78, 5) is 21.4. The predicted molar refractivity (Wildman–Crippen MR) is 52.5 cm³/mol. The first kappa shape index (κ1) is 10.7. The molecule has 0 unspecified atom stereocenters. The minimum Gasteiger partial charge on any atom is -0.506 e. The van der Waals surface area contributed by atoms with Crippen LogP contribution in [0.25, 0.3) is 0 Å². The minimum atomic E-state index is -1.51. The Kier molecular flexibility index (Phi) is 2.90. The summed E-state index contributed by atoms with van der Waals surface area (Å²) in [5.74, 6) is -2.50. The van der Waals surface area contributed by atoms with Crippen molar-refractivity contribution in [1.29, 1.82) is 0 Å². The number of hydrogen-bond acceptors (Lipinski definition) is 3. The number of aromatic hydroxyl groups is 1. The third-order valence-electron chi connectivity index (χ3n) is 1.71. The van der Waals surface area contributed by atoms with Crippen molar-refractivity contribution in [2.24, 2.45) is 0 Å². The van der Waals surface area contributed by atoms with E-state index in [1.165, 1.54) is 12.1 Å². The lowest BCUT2D eigenvalue weighted by atomic mass is 10.1. The molecule has 0 aliphatic rings. The molecule has 0 aliphatic heterocycles. The Morgan fingerprint density at radius 3 is 2.36 bits per heavy atom. The van der Waals surface area contributed by atoms with Crippen molar-refractivity contribution in [3.8, 4) is 5.75 Å². The molecular formula is C9H7BrO4. The molecule has 74 valence electrons. The van der Waals surface area contributed by atoms with E-state index in [0.717, 1.165) is 0 Å². The number of hydrogen-bond donors (Lipinski definition) is 2. The summed E-state index contributed by atoms with van der Waals surface area (Å²) >= 11 is 3.02. The summed E-state index contributed by atoms with van der Waals surface area (Å²) in [6.07, 6.45) is 0. The number of carboxylic acids is 1. The maximum absolute atomic E-state index is 11.1. The average molecular weight is 259 g/mol. The number of phenols is 1. The summed E-state index contributed by atoms with van der Waals surface area (Å²) < 4.78 is 0.308. The van der Waals surface area contributed by atoms with Crippen molar-refractivity contribution in [1.82, 2.24) is 0 Å². The first-order valence-electron chi connectivity index (χ1n) is 3.70. The Hall–Kier alpha value is -1.36. The third-order valence-corrected chi connectivity index (χ3v) is 2.31. The molecule has 14 heavy (non-hydrogen) atoms. The molecule has 1 rings (SSSR count). The monoisotopic (exact) mass is 258 g/mol. The third kappa shape index (κ3) is 1.93. The van der Waals surface area contributed by atoms with Gasteiger partial charge in [0.1, 0.15) is 5.75 Å². The fourth-order valence-electron chi connectivity index (χ4n) is 0.991. The second-order valence-corrected chi connectivity index (χ2v) is 3.61. The number of ketones is 1. The number of rotatable bonds is 2. The van der Waals surface area contributed by atoms with E-state index in [-0.39, 0.29) is 11.3 Å². The molecule has 0 spiro atoms. The van der Waals surface area contributed by atoms with E-state index in [1.54, 1.807) is 6.92 Å². The van der Waals surface area contributed by atoms with Crippen LogP contribution in [0.15, 0.2) is 16.6 Å². The molecule has 2 N–H and O–H groups in total. The van der Waals surface area contributed by atoms with Crippen LogP contribution in [0.1, 0.15) is 15.9 Å². The lowest BCUT2D eigenvalue weighted by Crippen LogP contribution is -2.12. The number of phenolic OH excluding ortho intramolecular Hbond substituents is 1. The first-order chi connectivity index (χ1) is 6.43. The second-order valence-electron chi connectivity index (χ2n) is 2.76. The first-order valence-corrected chi connectivity index (χ1v) is 4.49. The van der Waals surface area contributed by atoms with Gasteiger partial charge in [0.15, 0.2) is 0 Å². The SMILES string of the molecule is Cc1cc(C(=O)C(=O)O)cc(Br)c1O. The van der Waals surface area contributed by atoms with Crippen LogP contribution < -0.4 is 0 Å². The van der Waals surface area contributed by atoms with Gasteiger partial charge in [-0.1, -0.05) is 0 Å². The van der Waals surface area contributed by atoms with E-state index in [0.29, 0.717) is 10.0 Å². The molecule has 0 radical (unpaired) electrons.